The van der Waals surface area contributed by atoms with Crippen LogP contribution in [0.5, 0.6) is 5.88 Å². The van der Waals surface area contributed by atoms with E-state index in [1.807, 2.05) is 29.3 Å². The Morgan fingerprint density at radius 3 is 2.87 bits per heavy atom. The van der Waals surface area contributed by atoms with E-state index in [0.29, 0.717) is 18.3 Å². The van der Waals surface area contributed by atoms with Crippen molar-refractivity contribution in [3.63, 3.8) is 0 Å². The normalized spacial score (nSPS) is 23.5. The van der Waals surface area contributed by atoms with Crippen LogP contribution in [0, 0.1) is 5.41 Å². The van der Waals surface area contributed by atoms with E-state index < -0.39 is 0 Å². The number of hydrogen-bond donors (Lipinski definition) is 1. The Bertz CT molecular complexity index is 1150. The molecule has 7 heteroatoms. The molecule has 1 amide bonds. The minimum atomic E-state index is -0.302. The Kier molecular flexibility index (Phi) is 4.20. The number of aromatic nitrogens is 3. The van der Waals surface area contributed by atoms with Crippen molar-refractivity contribution < 1.29 is 9.53 Å². The Morgan fingerprint density at radius 1 is 1.19 bits per heavy atom. The molecule has 3 aromatic rings. The van der Waals surface area contributed by atoms with E-state index in [1.165, 1.54) is 10.9 Å². The molecule has 7 nitrogen and oxygen atoms in total. The number of carbonyl (C=O) groups excluding carboxylic acids is 1. The number of hydrogen-bond acceptors (Lipinski definition) is 5. The highest BCUT2D eigenvalue weighted by Crippen LogP contribution is 2.44. The lowest BCUT2D eigenvalue weighted by Gasteiger charge is -2.24. The standard InChI is InChI=1S/C24H27N5O2/c1-31-21-12-20(26-22(27-21)16-6-7-16)29-11-9-24(15-29)8-10-28(23(24)30)14-17-13-25-19-5-3-2-4-18(17)19/h2-5,12-13,16,25H,6-11,14-15H2,1H3. The van der Waals surface area contributed by atoms with E-state index >= 15 is 0 Å². The zero-order chi connectivity index (χ0) is 21.0. The maximum atomic E-state index is 13.5. The van der Waals surface area contributed by atoms with Gasteiger partial charge in [0.05, 0.1) is 12.5 Å². The van der Waals surface area contributed by atoms with Gasteiger partial charge in [0.2, 0.25) is 11.8 Å². The van der Waals surface area contributed by atoms with Crippen molar-refractivity contribution in [3.8, 4) is 5.88 Å². The van der Waals surface area contributed by atoms with E-state index in [4.69, 9.17) is 9.72 Å². The lowest BCUT2D eigenvalue weighted by molar-refractivity contribution is -0.135. The van der Waals surface area contributed by atoms with Crippen LogP contribution in [0.2, 0.25) is 0 Å². The Balaban J connectivity index is 1.21. The summed E-state index contributed by atoms with van der Waals surface area (Å²) in [6.07, 6.45) is 6.12. The zero-order valence-corrected chi connectivity index (χ0v) is 17.8. The summed E-state index contributed by atoms with van der Waals surface area (Å²) in [5.74, 6) is 3.14. The second-order valence-electron chi connectivity index (χ2n) is 9.19. The molecule has 6 rings (SSSR count). The van der Waals surface area contributed by atoms with Crippen LogP contribution in [0.1, 0.15) is 43.0 Å². The first-order valence-corrected chi connectivity index (χ1v) is 11.2. The first-order valence-electron chi connectivity index (χ1n) is 11.2. The van der Waals surface area contributed by atoms with Gasteiger partial charge in [0.1, 0.15) is 11.6 Å². The lowest BCUT2D eigenvalue weighted by Crippen LogP contribution is -2.36. The third-order valence-electron chi connectivity index (χ3n) is 7.17. The highest BCUT2D eigenvalue weighted by Gasteiger charge is 2.51. The van der Waals surface area contributed by atoms with Crippen molar-refractivity contribution in [2.24, 2.45) is 5.41 Å². The SMILES string of the molecule is COc1cc(N2CCC3(CCN(Cc4c[nH]c5ccccc45)C3=O)C2)nc(C2CC2)n1. The second kappa shape index (κ2) is 6.97. The fourth-order valence-electron chi connectivity index (χ4n) is 5.18. The van der Waals surface area contributed by atoms with Crippen molar-refractivity contribution in [2.45, 2.75) is 38.1 Å². The van der Waals surface area contributed by atoms with Gasteiger partial charge in [-0.15, -0.1) is 0 Å². The molecule has 2 saturated heterocycles. The van der Waals surface area contributed by atoms with Gasteiger partial charge in [0.25, 0.3) is 0 Å². The topological polar surface area (TPSA) is 74.3 Å². The average molecular weight is 418 g/mol. The number of benzene rings is 1. The molecular weight excluding hydrogens is 390 g/mol. The van der Waals surface area contributed by atoms with Crippen LogP contribution in [0.25, 0.3) is 10.9 Å². The number of nitrogens with zero attached hydrogens (tertiary/aromatic N) is 4. The van der Waals surface area contributed by atoms with Gasteiger partial charge >= 0.3 is 0 Å². The molecular formula is C24H27N5O2. The highest BCUT2D eigenvalue weighted by molar-refractivity contribution is 5.88. The van der Waals surface area contributed by atoms with Crippen molar-refractivity contribution in [2.75, 3.05) is 31.6 Å². The molecule has 3 aliphatic rings. The molecule has 160 valence electrons. The Labute approximate surface area is 181 Å². The summed E-state index contributed by atoms with van der Waals surface area (Å²) in [5.41, 5.74) is 2.00. The van der Waals surface area contributed by atoms with Gasteiger partial charge in [-0.25, -0.2) is 4.98 Å². The van der Waals surface area contributed by atoms with Crippen molar-refractivity contribution in [1.29, 1.82) is 0 Å². The van der Waals surface area contributed by atoms with Crippen LogP contribution in [0.3, 0.4) is 0 Å². The fraction of sp³-hybridized carbons (Fsp3) is 0.458. The molecule has 3 fully saturated rings. The van der Waals surface area contributed by atoms with E-state index in [1.54, 1.807) is 7.11 Å². The van der Waals surface area contributed by atoms with Crippen LogP contribution >= 0.6 is 0 Å². The second-order valence-corrected chi connectivity index (χ2v) is 9.19. The summed E-state index contributed by atoms with van der Waals surface area (Å²) in [6, 6.07) is 10.2. The maximum Gasteiger partial charge on any atom is 0.231 e. The molecule has 1 aliphatic carbocycles. The quantitative estimate of drug-likeness (QED) is 0.688. The molecule has 0 bridgehead atoms. The van der Waals surface area contributed by atoms with Gasteiger partial charge < -0.3 is 19.5 Å². The number of likely N-dealkylation sites (tertiary alicyclic amines) is 1. The van der Waals surface area contributed by atoms with Crippen molar-refractivity contribution >= 4 is 22.6 Å². The molecule has 2 aliphatic heterocycles. The molecule has 1 unspecified atom stereocenters. The van der Waals surface area contributed by atoms with Gasteiger partial charge in [-0.1, -0.05) is 18.2 Å². The van der Waals surface area contributed by atoms with E-state index in [2.05, 4.69) is 27.0 Å². The molecule has 1 aromatic carbocycles. The Morgan fingerprint density at radius 2 is 2.03 bits per heavy atom. The summed E-state index contributed by atoms with van der Waals surface area (Å²) in [7, 11) is 1.65. The van der Waals surface area contributed by atoms with Crippen LogP contribution < -0.4 is 9.64 Å². The average Bonchev–Trinajstić information content (AvgIpc) is 3.34. The van der Waals surface area contributed by atoms with Crippen LogP contribution in [-0.4, -0.2) is 52.5 Å². The summed E-state index contributed by atoms with van der Waals surface area (Å²) in [5, 5.41) is 1.20. The van der Waals surface area contributed by atoms with Gasteiger partial charge in [0.15, 0.2) is 0 Å². The zero-order valence-electron chi connectivity index (χ0n) is 17.8. The van der Waals surface area contributed by atoms with Crippen molar-refractivity contribution in [3.05, 3.63) is 47.9 Å². The number of amides is 1. The number of para-hydroxylation sites is 1. The molecule has 31 heavy (non-hydrogen) atoms. The monoisotopic (exact) mass is 417 g/mol. The number of methoxy groups -OCH3 is 1. The molecule has 1 spiro atoms. The van der Waals surface area contributed by atoms with Crippen LogP contribution in [0.15, 0.2) is 36.5 Å². The first-order chi connectivity index (χ1) is 15.1. The predicted molar refractivity (Wildman–Crippen MR) is 118 cm³/mol. The lowest BCUT2D eigenvalue weighted by atomic mass is 9.85. The smallest absolute Gasteiger partial charge is 0.231 e. The number of rotatable bonds is 5. The molecule has 4 heterocycles. The molecule has 1 N–H and O–H groups in total. The summed E-state index contributed by atoms with van der Waals surface area (Å²) in [6.45, 7) is 3.04. The Hall–Kier alpha value is -3.09. The predicted octanol–water partition coefficient (Wildman–Crippen LogP) is 3.47. The first kappa shape index (κ1) is 18.7. The molecule has 1 atom stereocenters. The molecule has 2 aromatic heterocycles. The molecule has 1 saturated carbocycles. The minimum Gasteiger partial charge on any atom is -0.481 e. The highest BCUT2D eigenvalue weighted by atomic mass is 16.5. The number of nitrogens with one attached hydrogen (secondary N) is 1. The molecule has 0 radical (unpaired) electrons. The number of H-pyrrole nitrogens is 1. The number of aromatic amines is 1. The maximum absolute atomic E-state index is 13.5. The number of anilines is 1. The number of ether oxygens (including phenoxy) is 1. The third kappa shape index (κ3) is 3.14. The van der Waals surface area contributed by atoms with Gasteiger partial charge in [0, 0.05) is 55.3 Å². The van der Waals surface area contributed by atoms with Crippen LogP contribution in [-0.2, 0) is 11.3 Å². The summed E-state index contributed by atoms with van der Waals surface area (Å²) < 4.78 is 5.43. The summed E-state index contributed by atoms with van der Waals surface area (Å²) >= 11 is 0. The number of fused-ring (bicyclic) bond motifs is 1. The van der Waals surface area contributed by atoms with Gasteiger partial charge in [-0.05, 0) is 37.3 Å². The fourth-order valence-corrected chi connectivity index (χ4v) is 5.18. The van der Waals surface area contributed by atoms with E-state index in [-0.39, 0.29) is 11.3 Å². The van der Waals surface area contributed by atoms with E-state index in [9.17, 15) is 4.79 Å². The minimum absolute atomic E-state index is 0.281. The van der Waals surface area contributed by atoms with Gasteiger partial charge in [-0.3, -0.25) is 4.79 Å². The van der Waals surface area contributed by atoms with E-state index in [0.717, 1.165) is 62.5 Å². The van der Waals surface area contributed by atoms with Gasteiger partial charge in [-0.2, -0.15) is 4.98 Å². The van der Waals surface area contributed by atoms with Crippen molar-refractivity contribution in [1.82, 2.24) is 19.9 Å². The third-order valence-corrected chi connectivity index (χ3v) is 7.17. The largest absolute Gasteiger partial charge is 0.481 e. The summed E-state index contributed by atoms with van der Waals surface area (Å²) in [4.78, 5) is 30.5. The number of carbonyl (C=O) groups is 1. The van der Waals surface area contributed by atoms with Crippen LogP contribution in [0.4, 0.5) is 5.82 Å².